The topological polar surface area (TPSA) is 32.3 Å². The molecule has 1 heterocycles. The van der Waals surface area contributed by atoms with Crippen LogP contribution in [-0.4, -0.2) is 38.0 Å². The minimum atomic E-state index is 0.612. The Morgan fingerprint density at radius 3 is 2.57 bits per heavy atom. The van der Waals surface area contributed by atoms with Crippen molar-refractivity contribution in [1.82, 2.24) is 10.2 Å². The van der Waals surface area contributed by atoms with Gasteiger partial charge in [0.2, 0.25) is 6.41 Å². The molecule has 14 heavy (non-hydrogen) atoms. The van der Waals surface area contributed by atoms with Crippen molar-refractivity contribution < 1.29 is 4.79 Å². The molecule has 0 bridgehead atoms. The van der Waals surface area contributed by atoms with Crippen molar-refractivity contribution >= 4 is 6.41 Å². The Balaban J connectivity index is 1.77. The minimum Gasteiger partial charge on any atom is -0.345 e. The summed E-state index contributed by atoms with van der Waals surface area (Å²) in [4.78, 5) is 12.5. The van der Waals surface area contributed by atoms with Crippen LogP contribution in [0.15, 0.2) is 0 Å². The van der Waals surface area contributed by atoms with E-state index in [4.69, 9.17) is 0 Å². The molecule has 0 aromatic rings. The van der Waals surface area contributed by atoms with Crippen LogP contribution in [0, 0.1) is 11.3 Å². The van der Waals surface area contributed by atoms with Crippen molar-refractivity contribution in [2.45, 2.75) is 25.7 Å². The summed E-state index contributed by atoms with van der Waals surface area (Å²) < 4.78 is 0. The molecule has 0 atom stereocenters. The summed E-state index contributed by atoms with van der Waals surface area (Å²) in [5.41, 5.74) is 0.612. The van der Waals surface area contributed by atoms with Gasteiger partial charge in [-0.25, -0.2) is 0 Å². The lowest BCUT2D eigenvalue weighted by molar-refractivity contribution is -0.122. The zero-order chi connectivity index (χ0) is 10.0. The molecular weight excluding hydrogens is 176 g/mol. The first-order chi connectivity index (χ1) is 6.78. The van der Waals surface area contributed by atoms with Crippen LogP contribution in [0.2, 0.25) is 0 Å². The summed E-state index contributed by atoms with van der Waals surface area (Å²) in [7, 11) is 2.03. The lowest BCUT2D eigenvalue weighted by Gasteiger charge is -2.52. The second-order valence-corrected chi connectivity index (χ2v) is 4.97. The maximum atomic E-state index is 10.6. The van der Waals surface area contributed by atoms with Crippen LogP contribution in [0.25, 0.3) is 0 Å². The monoisotopic (exact) mass is 196 g/mol. The van der Waals surface area contributed by atoms with E-state index in [1.54, 1.807) is 0 Å². The van der Waals surface area contributed by atoms with Crippen LogP contribution < -0.4 is 5.32 Å². The average Bonchev–Trinajstić information content (AvgIpc) is 2.17. The van der Waals surface area contributed by atoms with Gasteiger partial charge in [-0.15, -0.1) is 0 Å². The first-order valence-corrected chi connectivity index (χ1v) is 5.62. The molecule has 3 heteroatoms. The molecule has 2 rings (SSSR count). The van der Waals surface area contributed by atoms with Crippen LogP contribution in [0.1, 0.15) is 25.7 Å². The van der Waals surface area contributed by atoms with Gasteiger partial charge in [0.1, 0.15) is 0 Å². The number of nitrogens with one attached hydrogen (secondary N) is 1. The fourth-order valence-electron chi connectivity index (χ4n) is 3.11. The van der Waals surface area contributed by atoms with E-state index >= 15 is 0 Å². The molecule has 0 unspecified atom stereocenters. The maximum Gasteiger partial charge on any atom is 0.209 e. The predicted molar refractivity (Wildman–Crippen MR) is 56.0 cm³/mol. The number of piperidine rings is 1. The van der Waals surface area contributed by atoms with Crippen molar-refractivity contribution in [2.75, 3.05) is 26.7 Å². The Hall–Kier alpha value is -0.570. The Bertz CT molecular complexity index is 201. The van der Waals surface area contributed by atoms with Crippen LogP contribution in [-0.2, 0) is 4.79 Å². The van der Waals surface area contributed by atoms with Crippen molar-refractivity contribution in [1.29, 1.82) is 0 Å². The van der Waals surface area contributed by atoms with Crippen LogP contribution in [0.5, 0.6) is 0 Å². The second kappa shape index (κ2) is 3.89. The SMILES string of the molecule is CNCC1CC2(CCN(C=O)CC2)C1. The highest BCUT2D eigenvalue weighted by molar-refractivity contribution is 5.47. The quantitative estimate of drug-likeness (QED) is 0.679. The van der Waals surface area contributed by atoms with Gasteiger partial charge in [0.15, 0.2) is 0 Å². The molecule has 0 aromatic heterocycles. The zero-order valence-electron chi connectivity index (χ0n) is 8.96. The van der Waals surface area contributed by atoms with E-state index in [-0.39, 0.29) is 0 Å². The van der Waals surface area contributed by atoms with Gasteiger partial charge >= 0.3 is 0 Å². The fourth-order valence-corrected chi connectivity index (χ4v) is 3.11. The highest BCUT2D eigenvalue weighted by atomic mass is 16.1. The molecule has 1 saturated heterocycles. The van der Waals surface area contributed by atoms with E-state index in [1.807, 2.05) is 11.9 Å². The van der Waals surface area contributed by atoms with Crippen molar-refractivity contribution in [3.05, 3.63) is 0 Å². The smallest absolute Gasteiger partial charge is 0.209 e. The molecule has 1 spiro atoms. The van der Waals surface area contributed by atoms with Gasteiger partial charge in [-0.05, 0) is 50.6 Å². The maximum absolute atomic E-state index is 10.6. The number of carbonyl (C=O) groups is 1. The molecule has 3 nitrogen and oxygen atoms in total. The summed E-state index contributed by atoms with van der Waals surface area (Å²) in [6.45, 7) is 3.13. The van der Waals surface area contributed by atoms with Gasteiger partial charge in [-0.2, -0.15) is 0 Å². The molecule has 1 aliphatic heterocycles. The molecule has 2 aliphatic rings. The highest BCUT2D eigenvalue weighted by Crippen LogP contribution is 2.52. The van der Waals surface area contributed by atoms with Crippen LogP contribution >= 0.6 is 0 Å². The third-order valence-corrected chi connectivity index (χ3v) is 3.94. The molecular formula is C11H20N2O. The molecule has 1 N–H and O–H groups in total. The number of amides is 1. The molecule has 0 radical (unpaired) electrons. The number of likely N-dealkylation sites (tertiary alicyclic amines) is 1. The van der Waals surface area contributed by atoms with Gasteiger partial charge in [-0.3, -0.25) is 4.79 Å². The van der Waals surface area contributed by atoms with Gasteiger partial charge < -0.3 is 10.2 Å². The van der Waals surface area contributed by atoms with Crippen molar-refractivity contribution in [3.8, 4) is 0 Å². The molecule has 1 saturated carbocycles. The van der Waals surface area contributed by atoms with E-state index in [0.717, 1.165) is 25.4 Å². The van der Waals surface area contributed by atoms with E-state index in [9.17, 15) is 4.79 Å². The van der Waals surface area contributed by atoms with Crippen LogP contribution in [0.4, 0.5) is 0 Å². The van der Waals surface area contributed by atoms with Crippen molar-refractivity contribution in [2.24, 2.45) is 11.3 Å². The normalized spacial score (nSPS) is 26.2. The summed E-state index contributed by atoms with van der Waals surface area (Å²) in [6, 6.07) is 0. The molecule has 80 valence electrons. The summed E-state index contributed by atoms with van der Waals surface area (Å²) in [5, 5.41) is 3.24. The first-order valence-electron chi connectivity index (χ1n) is 5.62. The van der Waals surface area contributed by atoms with Gasteiger partial charge in [0.25, 0.3) is 0 Å². The fraction of sp³-hybridized carbons (Fsp3) is 0.909. The summed E-state index contributed by atoms with van der Waals surface area (Å²) in [6.07, 6.45) is 6.20. The third kappa shape index (κ3) is 1.78. The Labute approximate surface area is 85.8 Å². The molecule has 2 fully saturated rings. The number of carbonyl (C=O) groups excluding carboxylic acids is 1. The number of hydrogen-bond acceptors (Lipinski definition) is 2. The second-order valence-electron chi connectivity index (χ2n) is 4.97. The van der Waals surface area contributed by atoms with E-state index < -0.39 is 0 Å². The third-order valence-electron chi connectivity index (χ3n) is 3.94. The van der Waals surface area contributed by atoms with Crippen LogP contribution in [0.3, 0.4) is 0 Å². The average molecular weight is 196 g/mol. The largest absolute Gasteiger partial charge is 0.345 e. The lowest BCUT2D eigenvalue weighted by atomic mass is 9.57. The minimum absolute atomic E-state index is 0.612. The number of nitrogens with zero attached hydrogens (tertiary/aromatic N) is 1. The van der Waals surface area contributed by atoms with Crippen molar-refractivity contribution in [3.63, 3.8) is 0 Å². The molecule has 1 aliphatic carbocycles. The predicted octanol–water partition coefficient (Wildman–Crippen LogP) is 0.854. The molecule has 1 amide bonds. The Morgan fingerprint density at radius 2 is 2.07 bits per heavy atom. The Kier molecular flexibility index (Phi) is 2.77. The van der Waals surface area contributed by atoms with Gasteiger partial charge in [0, 0.05) is 13.1 Å². The van der Waals surface area contributed by atoms with Gasteiger partial charge in [0.05, 0.1) is 0 Å². The summed E-state index contributed by atoms with van der Waals surface area (Å²) >= 11 is 0. The number of hydrogen-bond donors (Lipinski definition) is 1. The van der Waals surface area contributed by atoms with E-state index in [0.29, 0.717) is 5.41 Å². The first kappa shape index (κ1) is 9.97. The van der Waals surface area contributed by atoms with E-state index in [1.165, 1.54) is 32.2 Å². The summed E-state index contributed by atoms with van der Waals surface area (Å²) in [5.74, 6) is 0.891. The standard InChI is InChI=1S/C11H20N2O/c1-12-8-10-6-11(7-10)2-4-13(9-14)5-3-11/h9-10,12H,2-8H2,1H3. The van der Waals surface area contributed by atoms with E-state index in [2.05, 4.69) is 5.32 Å². The number of rotatable bonds is 3. The molecule has 0 aromatic carbocycles. The highest BCUT2D eigenvalue weighted by Gasteiger charge is 2.44. The zero-order valence-corrected chi connectivity index (χ0v) is 8.96. The lowest BCUT2D eigenvalue weighted by Crippen LogP contribution is -2.48. The Morgan fingerprint density at radius 1 is 1.43 bits per heavy atom. The van der Waals surface area contributed by atoms with Gasteiger partial charge in [-0.1, -0.05) is 0 Å².